The monoisotopic (exact) mass is 251 g/mol. The molecule has 0 aromatic carbocycles. The molecular formula is C14H25N3O. The molecular weight excluding hydrogens is 226 g/mol. The molecule has 1 aromatic heterocycles. The molecule has 0 saturated carbocycles. The van der Waals surface area contributed by atoms with Gasteiger partial charge < -0.3 is 14.8 Å². The van der Waals surface area contributed by atoms with Crippen molar-refractivity contribution in [3.8, 4) is 0 Å². The van der Waals surface area contributed by atoms with E-state index in [0.717, 1.165) is 26.2 Å². The largest absolute Gasteiger partial charge is 0.354 e. The number of carbonyl (C=O) groups is 1. The van der Waals surface area contributed by atoms with Gasteiger partial charge in [-0.25, -0.2) is 0 Å². The van der Waals surface area contributed by atoms with Crippen LogP contribution < -0.4 is 5.32 Å². The average Bonchev–Trinajstić information content (AvgIpc) is 2.85. The van der Waals surface area contributed by atoms with Crippen molar-refractivity contribution in [1.82, 2.24) is 14.8 Å². The summed E-state index contributed by atoms with van der Waals surface area (Å²) in [5.74, 6) is 0.176. The number of aromatic nitrogens is 1. The van der Waals surface area contributed by atoms with Gasteiger partial charge in [0.15, 0.2) is 0 Å². The van der Waals surface area contributed by atoms with E-state index in [-0.39, 0.29) is 11.9 Å². The van der Waals surface area contributed by atoms with Crippen molar-refractivity contribution in [2.45, 2.75) is 46.8 Å². The number of likely N-dealkylation sites (N-methyl/N-ethyl adjacent to an activating group) is 1. The first-order chi connectivity index (χ1) is 8.62. The fourth-order valence-corrected chi connectivity index (χ4v) is 1.96. The van der Waals surface area contributed by atoms with Gasteiger partial charge in [-0.05, 0) is 39.3 Å². The molecule has 1 atom stereocenters. The molecule has 1 heterocycles. The van der Waals surface area contributed by atoms with Crippen LogP contribution in [0.2, 0.25) is 0 Å². The Morgan fingerprint density at radius 1 is 1.39 bits per heavy atom. The van der Waals surface area contributed by atoms with Crippen LogP contribution in [0.3, 0.4) is 0 Å². The van der Waals surface area contributed by atoms with Gasteiger partial charge in [0.25, 0.3) is 0 Å². The summed E-state index contributed by atoms with van der Waals surface area (Å²) in [4.78, 5) is 13.9. The molecule has 0 fully saturated rings. The van der Waals surface area contributed by atoms with E-state index >= 15 is 0 Å². The summed E-state index contributed by atoms with van der Waals surface area (Å²) in [5.41, 5.74) is 1.22. The Hall–Kier alpha value is -1.29. The second-order valence-corrected chi connectivity index (χ2v) is 4.46. The number of carbonyl (C=O) groups excluding carboxylic acids is 1. The van der Waals surface area contributed by atoms with Gasteiger partial charge in [-0.2, -0.15) is 0 Å². The lowest BCUT2D eigenvalue weighted by molar-refractivity contribution is -0.132. The number of rotatable bonds is 7. The third-order valence-corrected chi connectivity index (χ3v) is 3.23. The van der Waals surface area contributed by atoms with Gasteiger partial charge in [0.2, 0.25) is 5.91 Å². The van der Waals surface area contributed by atoms with Gasteiger partial charge in [0, 0.05) is 38.6 Å². The van der Waals surface area contributed by atoms with Crippen LogP contribution in [0.25, 0.3) is 0 Å². The molecule has 0 aliphatic carbocycles. The van der Waals surface area contributed by atoms with Crippen molar-refractivity contribution in [1.29, 1.82) is 0 Å². The Balaban J connectivity index is 2.45. The Morgan fingerprint density at radius 2 is 2.06 bits per heavy atom. The highest BCUT2D eigenvalue weighted by Crippen LogP contribution is 2.02. The molecule has 0 bridgehead atoms. The molecule has 0 aliphatic rings. The highest BCUT2D eigenvalue weighted by molar-refractivity contribution is 5.81. The molecule has 0 spiro atoms. The molecule has 1 unspecified atom stereocenters. The molecule has 102 valence electrons. The molecule has 1 rings (SSSR count). The van der Waals surface area contributed by atoms with Crippen LogP contribution in [0.5, 0.6) is 0 Å². The van der Waals surface area contributed by atoms with Crippen LogP contribution in [0.15, 0.2) is 18.5 Å². The minimum Gasteiger partial charge on any atom is -0.354 e. The smallest absolute Gasteiger partial charge is 0.239 e. The maximum absolute atomic E-state index is 12.0. The summed E-state index contributed by atoms with van der Waals surface area (Å²) in [7, 11) is 0. The van der Waals surface area contributed by atoms with Crippen LogP contribution in [0.4, 0.5) is 0 Å². The van der Waals surface area contributed by atoms with Crippen molar-refractivity contribution >= 4 is 5.91 Å². The Bertz CT molecular complexity index is 369. The van der Waals surface area contributed by atoms with E-state index < -0.39 is 0 Å². The molecule has 4 heteroatoms. The Morgan fingerprint density at radius 3 is 2.56 bits per heavy atom. The average molecular weight is 251 g/mol. The number of nitrogens with one attached hydrogen (secondary N) is 1. The second kappa shape index (κ2) is 7.21. The molecule has 4 nitrogen and oxygen atoms in total. The molecule has 1 amide bonds. The maximum Gasteiger partial charge on any atom is 0.239 e. The van der Waals surface area contributed by atoms with Crippen LogP contribution in [-0.2, 0) is 17.9 Å². The third kappa shape index (κ3) is 3.88. The first kappa shape index (κ1) is 14.8. The summed E-state index contributed by atoms with van der Waals surface area (Å²) >= 11 is 0. The van der Waals surface area contributed by atoms with Crippen LogP contribution in [0, 0.1) is 0 Å². The standard InChI is InChI=1S/C14H25N3O/c1-5-16-9-8-13(11-16)10-15-12(4)14(18)17(6-2)7-3/h8-9,11-12,15H,5-7,10H2,1-4H3. The molecule has 1 aromatic rings. The quantitative estimate of drug-likeness (QED) is 0.803. The van der Waals surface area contributed by atoms with Gasteiger partial charge >= 0.3 is 0 Å². The number of hydrogen-bond donors (Lipinski definition) is 1. The zero-order chi connectivity index (χ0) is 13.5. The zero-order valence-electron chi connectivity index (χ0n) is 11.9. The topological polar surface area (TPSA) is 37.3 Å². The maximum atomic E-state index is 12.0. The van der Waals surface area contributed by atoms with E-state index in [2.05, 4.69) is 35.3 Å². The number of nitrogens with zero attached hydrogens (tertiary/aromatic N) is 2. The van der Waals surface area contributed by atoms with Gasteiger partial charge in [0.1, 0.15) is 0 Å². The van der Waals surface area contributed by atoms with Gasteiger partial charge in [-0.15, -0.1) is 0 Å². The summed E-state index contributed by atoms with van der Waals surface area (Å²) in [6.45, 7) is 11.3. The summed E-state index contributed by atoms with van der Waals surface area (Å²) in [6.07, 6.45) is 4.18. The second-order valence-electron chi connectivity index (χ2n) is 4.46. The molecule has 1 N–H and O–H groups in total. The predicted molar refractivity (Wildman–Crippen MR) is 74.3 cm³/mol. The van der Waals surface area contributed by atoms with Crippen molar-refractivity contribution in [3.05, 3.63) is 24.0 Å². The van der Waals surface area contributed by atoms with Crippen LogP contribution in [0.1, 0.15) is 33.3 Å². The van der Waals surface area contributed by atoms with Crippen molar-refractivity contribution < 1.29 is 4.79 Å². The first-order valence-electron chi connectivity index (χ1n) is 6.79. The lowest BCUT2D eigenvalue weighted by atomic mass is 10.2. The lowest BCUT2D eigenvalue weighted by Gasteiger charge is -2.23. The number of aryl methyl sites for hydroxylation is 1. The highest BCUT2D eigenvalue weighted by atomic mass is 16.2. The third-order valence-electron chi connectivity index (χ3n) is 3.23. The minimum atomic E-state index is -0.130. The lowest BCUT2D eigenvalue weighted by Crippen LogP contribution is -2.44. The molecule has 0 saturated heterocycles. The molecule has 0 aliphatic heterocycles. The van der Waals surface area contributed by atoms with Crippen LogP contribution in [-0.4, -0.2) is 34.5 Å². The Labute approximate surface area is 110 Å². The normalized spacial score (nSPS) is 12.4. The SMILES string of the molecule is CCN(CC)C(=O)C(C)NCc1ccn(CC)c1. The summed E-state index contributed by atoms with van der Waals surface area (Å²) in [6, 6.07) is 1.96. The summed E-state index contributed by atoms with van der Waals surface area (Å²) in [5, 5.41) is 3.28. The summed E-state index contributed by atoms with van der Waals surface area (Å²) < 4.78 is 2.13. The highest BCUT2D eigenvalue weighted by Gasteiger charge is 2.17. The fraction of sp³-hybridized carbons (Fsp3) is 0.643. The minimum absolute atomic E-state index is 0.130. The van der Waals surface area contributed by atoms with E-state index in [1.165, 1.54) is 5.56 Å². The van der Waals surface area contributed by atoms with E-state index in [1.54, 1.807) is 0 Å². The zero-order valence-corrected chi connectivity index (χ0v) is 11.9. The molecule has 0 radical (unpaired) electrons. The van der Waals surface area contributed by atoms with E-state index in [4.69, 9.17) is 0 Å². The number of hydrogen-bond acceptors (Lipinski definition) is 2. The van der Waals surface area contributed by atoms with E-state index in [1.807, 2.05) is 25.7 Å². The van der Waals surface area contributed by atoms with Crippen molar-refractivity contribution in [2.24, 2.45) is 0 Å². The fourth-order valence-electron chi connectivity index (χ4n) is 1.96. The van der Waals surface area contributed by atoms with Gasteiger partial charge in [-0.3, -0.25) is 4.79 Å². The first-order valence-corrected chi connectivity index (χ1v) is 6.79. The number of amides is 1. The van der Waals surface area contributed by atoms with Gasteiger partial charge in [-0.1, -0.05) is 0 Å². The van der Waals surface area contributed by atoms with Crippen molar-refractivity contribution in [3.63, 3.8) is 0 Å². The van der Waals surface area contributed by atoms with Crippen molar-refractivity contribution in [2.75, 3.05) is 13.1 Å². The van der Waals surface area contributed by atoms with Gasteiger partial charge in [0.05, 0.1) is 6.04 Å². The van der Waals surface area contributed by atoms with E-state index in [9.17, 15) is 4.79 Å². The predicted octanol–water partition coefficient (Wildman–Crippen LogP) is 1.85. The molecule has 18 heavy (non-hydrogen) atoms. The van der Waals surface area contributed by atoms with Crippen LogP contribution >= 0.6 is 0 Å². The van der Waals surface area contributed by atoms with E-state index in [0.29, 0.717) is 0 Å². The Kier molecular flexibility index (Phi) is 5.92.